The molecule has 0 unspecified atom stereocenters. The molecule has 178 valence electrons. The Hall–Kier alpha value is -3.36. The fourth-order valence-electron chi connectivity index (χ4n) is 4.49. The molecule has 3 aromatic rings. The second-order valence-electron chi connectivity index (χ2n) is 8.49. The highest BCUT2D eigenvalue weighted by atomic mass is 19.4. The first kappa shape index (κ1) is 23.8. The number of aryl methyl sites for hydroxylation is 1. The molecule has 1 amide bonds. The van der Waals surface area contributed by atoms with E-state index in [9.17, 15) is 22.4 Å². The van der Waals surface area contributed by atoms with Gasteiger partial charge >= 0.3 is 6.18 Å². The third-order valence-electron chi connectivity index (χ3n) is 6.26. The van der Waals surface area contributed by atoms with Gasteiger partial charge in [0.2, 0.25) is 0 Å². The number of likely N-dealkylation sites (tertiary alicyclic amines) is 1. The Morgan fingerprint density at radius 1 is 1.09 bits per heavy atom. The molecule has 3 heterocycles. The molecule has 9 heteroatoms. The average Bonchev–Trinajstić information content (AvgIpc) is 2.83. The molecule has 4 rings (SSSR count). The van der Waals surface area contributed by atoms with Gasteiger partial charge in [-0.15, -0.1) is 0 Å². The van der Waals surface area contributed by atoms with E-state index in [0.29, 0.717) is 30.6 Å². The van der Waals surface area contributed by atoms with Gasteiger partial charge in [-0.05, 0) is 55.9 Å². The summed E-state index contributed by atoms with van der Waals surface area (Å²) >= 11 is 0. The van der Waals surface area contributed by atoms with Gasteiger partial charge in [0.1, 0.15) is 5.82 Å². The zero-order valence-corrected chi connectivity index (χ0v) is 18.6. The minimum atomic E-state index is -4.44. The molecule has 1 aromatic carbocycles. The van der Waals surface area contributed by atoms with E-state index in [4.69, 9.17) is 0 Å². The molecule has 1 fully saturated rings. The van der Waals surface area contributed by atoms with Crippen molar-refractivity contribution in [3.63, 3.8) is 0 Å². The molecule has 34 heavy (non-hydrogen) atoms. The summed E-state index contributed by atoms with van der Waals surface area (Å²) in [4.78, 5) is 27.6. The van der Waals surface area contributed by atoms with Gasteiger partial charge in [-0.2, -0.15) is 13.2 Å². The van der Waals surface area contributed by atoms with E-state index in [1.807, 2.05) is 6.92 Å². The fraction of sp³-hybridized carbons (Fsp3) is 0.360. The summed E-state index contributed by atoms with van der Waals surface area (Å²) in [5.41, 5.74) is -0.0239. The van der Waals surface area contributed by atoms with Crippen LogP contribution in [-0.4, -0.2) is 38.3 Å². The van der Waals surface area contributed by atoms with E-state index in [0.717, 1.165) is 25.1 Å². The molecule has 0 spiro atoms. The average molecular weight is 472 g/mol. The summed E-state index contributed by atoms with van der Waals surface area (Å²) in [7, 11) is 0. The maximum Gasteiger partial charge on any atom is 0.417 e. The van der Waals surface area contributed by atoms with Crippen molar-refractivity contribution in [2.24, 2.45) is 5.92 Å². The number of benzene rings is 1. The number of alkyl halides is 3. The zero-order chi connectivity index (χ0) is 24.3. The summed E-state index contributed by atoms with van der Waals surface area (Å²) in [5, 5.41) is 0. The second kappa shape index (κ2) is 9.87. The quantitative estimate of drug-likeness (QED) is 0.456. The maximum absolute atomic E-state index is 14.9. The molecule has 5 nitrogen and oxygen atoms in total. The lowest BCUT2D eigenvalue weighted by atomic mass is 9.86. The first-order valence-corrected chi connectivity index (χ1v) is 11.1. The summed E-state index contributed by atoms with van der Waals surface area (Å²) in [6.07, 6.45) is 2.06. The lowest BCUT2D eigenvalue weighted by Gasteiger charge is -2.40. The summed E-state index contributed by atoms with van der Waals surface area (Å²) in [6, 6.07) is 8.21. The van der Waals surface area contributed by atoms with Gasteiger partial charge in [-0.25, -0.2) is 14.4 Å². The van der Waals surface area contributed by atoms with Gasteiger partial charge in [0.05, 0.1) is 11.1 Å². The van der Waals surface area contributed by atoms with Crippen molar-refractivity contribution in [1.82, 2.24) is 19.9 Å². The molecule has 0 radical (unpaired) electrons. The Labute approximate surface area is 194 Å². The monoisotopic (exact) mass is 472 g/mol. The number of rotatable bonds is 5. The van der Waals surface area contributed by atoms with Gasteiger partial charge < -0.3 is 4.90 Å². The van der Waals surface area contributed by atoms with Gasteiger partial charge in [-0.1, -0.05) is 19.1 Å². The molecule has 0 aliphatic carbocycles. The van der Waals surface area contributed by atoms with E-state index in [-0.39, 0.29) is 23.3 Å². The van der Waals surface area contributed by atoms with E-state index in [1.54, 1.807) is 17.0 Å². The van der Waals surface area contributed by atoms with E-state index >= 15 is 0 Å². The molecular weight excluding hydrogens is 448 g/mol. The largest absolute Gasteiger partial charge is 0.417 e. The van der Waals surface area contributed by atoms with Crippen molar-refractivity contribution in [3.8, 4) is 11.4 Å². The van der Waals surface area contributed by atoms with Crippen LogP contribution in [0.1, 0.15) is 47.8 Å². The van der Waals surface area contributed by atoms with Gasteiger partial charge in [0.25, 0.3) is 5.91 Å². The Bertz CT molecular complexity index is 1140. The topological polar surface area (TPSA) is 59.0 Å². The van der Waals surface area contributed by atoms with Crippen LogP contribution >= 0.6 is 0 Å². The van der Waals surface area contributed by atoms with E-state index in [2.05, 4.69) is 15.0 Å². The molecule has 1 aliphatic heterocycles. The Morgan fingerprint density at radius 2 is 1.85 bits per heavy atom. The predicted molar refractivity (Wildman–Crippen MR) is 118 cm³/mol. The highest BCUT2D eigenvalue weighted by molar-refractivity contribution is 6.00. The number of hydrogen-bond acceptors (Lipinski definition) is 4. The highest BCUT2D eigenvalue weighted by Gasteiger charge is 2.35. The number of nitrogens with zero attached hydrogens (tertiary/aromatic N) is 4. The first-order valence-electron chi connectivity index (χ1n) is 11.1. The Morgan fingerprint density at radius 3 is 2.53 bits per heavy atom. The van der Waals surface area contributed by atoms with Crippen molar-refractivity contribution < 1.29 is 22.4 Å². The zero-order valence-electron chi connectivity index (χ0n) is 18.6. The van der Waals surface area contributed by atoms with Gasteiger partial charge in [0, 0.05) is 42.4 Å². The third-order valence-corrected chi connectivity index (χ3v) is 6.26. The summed E-state index contributed by atoms with van der Waals surface area (Å²) in [5.74, 6) is -0.662. The van der Waals surface area contributed by atoms with Crippen LogP contribution < -0.4 is 0 Å². The van der Waals surface area contributed by atoms with Crippen LogP contribution in [0.2, 0.25) is 0 Å². The van der Waals surface area contributed by atoms with Crippen LogP contribution in [0.15, 0.2) is 55.0 Å². The highest BCUT2D eigenvalue weighted by Crippen LogP contribution is 2.32. The summed E-state index contributed by atoms with van der Waals surface area (Å²) < 4.78 is 53.4. The van der Waals surface area contributed by atoms with E-state index < -0.39 is 23.5 Å². The van der Waals surface area contributed by atoms with Crippen LogP contribution in [-0.2, 0) is 12.6 Å². The van der Waals surface area contributed by atoms with Crippen molar-refractivity contribution in [1.29, 1.82) is 0 Å². The maximum atomic E-state index is 14.9. The number of carbonyl (C=O) groups excluding carboxylic acids is 1. The van der Waals surface area contributed by atoms with Gasteiger partial charge in [-0.3, -0.25) is 9.78 Å². The molecule has 0 N–H and O–H groups in total. The van der Waals surface area contributed by atoms with Crippen LogP contribution in [0.25, 0.3) is 11.4 Å². The third kappa shape index (κ3) is 5.08. The number of pyridine rings is 1. The number of carbonyl (C=O) groups is 1. The van der Waals surface area contributed by atoms with Crippen LogP contribution in [0.4, 0.5) is 17.6 Å². The molecule has 0 bridgehead atoms. The Balaban J connectivity index is 1.58. The smallest absolute Gasteiger partial charge is 0.335 e. The number of aromatic nitrogens is 3. The van der Waals surface area contributed by atoms with Crippen LogP contribution in [0, 0.1) is 11.7 Å². The molecule has 0 saturated carbocycles. The lowest BCUT2D eigenvalue weighted by Crippen LogP contribution is -2.48. The van der Waals surface area contributed by atoms with Crippen molar-refractivity contribution in [2.45, 2.75) is 44.8 Å². The fourth-order valence-corrected chi connectivity index (χ4v) is 4.49. The van der Waals surface area contributed by atoms with Crippen molar-refractivity contribution in [3.05, 3.63) is 77.6 Å². The molecule has 2 aromatic heterocycles. The number of amides is 1. The molecular formula is C25H24F4N4O. The van der Waals surface area contributed by atoms with E-state index in [1.165, 1.54) is 30.6 Å². The molecule has 2 atom stereocenters. The standard InChI is InChI=1S/C25H24F4N4O/c1-16-5-3-14-33(21(16)11-10-18-9-8-17(15-32-18)25(27,28)29)24(34)22-19(6-2-7-20(22)26)23-30-12-4-13-31-23/h2,4,6-9,12-13,15-16,21H,3,5,10-11,14H2,1H3/t16-,21-/m1/s1. The second-order valence-corrected chi connectivity index (χ2v) is 8.49. The number of hydrogen-bond donors (Lipinski definition) is 0. The first-order chi connectivity index (χ1) is 16.3. The van der Waals surface area contributed by atoms with Crippen LogP contribution in [0.5, 0.6) is 0 Å². The predicted octanol–water partition coefficient (Wildman–Crippen LogP) is 5.57. The number of piperidine rings is 1. The minimum Gasteiger partial charge on any atom is -0.335 e. The van der Waals surface area contributed by atoms with Gasteiger partial charge in [0.15, 0.2) is 5.82 Å². The van der Waals surface area contributed by atoms with Crippen LogP contribution in [0.3, 0.4) is 0 Å². The summed E-state index contributed by atoms with van der Waals surface area (Å²) in [6.45, 7) is 2.50. The molecule has 1 saturated heterocycles. The molecule has 1 aliphatic rings. The van der Waals surface area contributed by atoms with Crippen molar-refractivity contribution >= 4 is 5.91 Å². The van der Waals surface area contributed by atoms with Crippen molar-refractivity contribution in [2.75, 3.05) is 6.54 Å². The Kier molecular flexibility index (Phi) is 6.90. The lowest BCUT2D eigenvalue weighted by molar-refractivity contribution is -0.137. The SMILES string of the molecule is C[C@@H]1CCCN(C(=O)c2c(F)cccc2-c2ncccn2)[C@@H]1CCc1ccc(C(F)(F)F)cn1. The normalized spacial score (nSPS) is 18.7. The number of halogens is 4. The minimum absolute atomic E-state index is 0.0690.